The van der Waals surface area contributed by atoms with Gasteiger partial charge >= 0.3 is 7.60 Å². The topological polar surface area (TPSA) is 158 Å². The fourth-order valence-electron chi connectivity index (χ4n) is 3.26. The van der Waals surface area contributed by atoms with Crippen LogP contribution in [0.2, 0.25) is 0 Å². The molecule has 10 nitrogen and oxygen atoms in total. The summed E-state index contributed by atoms with van der Waals surface area (Å²) < 4.78 is 81.1. The summed E-state index contributed by atoms with van der Waals surface area (Å²) in [5.41, 5.74) is 0.416. The highest BCUT2D eigenvalue weighted by Crippen LogP contribution is 2.60. The molecule has 0 fully saturated rings. The third-order valence-electron chi connectivity index (χ3n) is 4.96. The van der Waals surface area contributed by atoms with Crippen LogP contribution >= 0.6 is 7.60 Å². The van der Waals surface area contributed by atoms with E-state index in [4.69, 9.17) is 13.6 Å². The van der Waals surface area contributed by atoms with E-state index in [0.29, 0.717) is 17.0 Å². The molecule has 1 aliphatic heterocycles. The SMILES string of the molecule is C=C(C1(C)C(C)=[N+](CCS(=O)(=O)O)c2ccccc21)P(=O)(O)OCCS(=O)(=O)O. The second-order valence-electron chi connectivity index (χ2n) is 6.75. The number of nitrogens with zero attached hydrogens (tertiary/aromatic N) is 1. The standard InChI is InChI=1S/C16H22NO9PS2/c1-12-16(3,13(2)27(18,19)26-9-11-29(23,24)25)14-6-4-5-7-15(14)17(12)8-10-28(20,21)22/h4-7H,2,8-11H2,1,3H3,(H2-,18,19,20,21,22,23,24,25)/p+1. The monoisotopic (exact) mass is 468 g/mol. The number of rotatable bonds is 9. The van der Waals surface area contributed by atoms with Crippen molar-refractivity contribution < 1.29 is 44.5 Å². The van der Waals surface area contributed by atoms with Gasteiger partial charge in [0.2, 0.25) is 5.69 Å². The predicted molar refractivity (Wildman–Crippen MR) is 107 cm³/mol. The van der Waals surface area contributed by atoms with Crippen LogP contribution in [0.5, 0.6) is 0 Å². The Kier molecular flexibility index (Phi) is 6.61. The lowest BCUT2D eigenvalue weighted by Gasteiger charge is -2.27. The minimum absolute atomic E-state index is 0.0934. The molecule has 0 saturated carbocycles. The molecular formula is C16H23NO9PS2+. The van der Waals surface area contributed by atoms with E-state index in [1.807, 2.05) is 0 Å². The van der Waals surface area contributed by atoms with E-state index in [-0.39, 0.29) is 11.9 Å². The molecular weight excluding hydrogens is 445 g/mol. The van der Waals surface area contributed by atoms with E-state index in [1.54, 1.807) is 42.7 Å². The molecule has 2 rings (SSSR count). The Morgan fingerprint density at radius 1 is 1.17 bits per heavy atom. The zero-order valence-corrected chi connectivity index (χ0v) is 18.4. The van der Waals surface area contributed by atoms with Crippen molar-refractivity contribution in [3.8, 4) is 0 Å². The summed E-state index contributed by atoms with van der Waals surface area (Å²) in [7, 11) is -13.2. The van der Waals surface area contributed by atoms with Gasteiger partial charge in [-0.15, -0.1) is 0 Å². The van der Waals surface area contributed by atoms with Crippen LogP contribution in [0, 0.1) is 0 Å². The van der Waals surface area contributed by atoms with E-state index in [1.165, 1.54) is 0 Å². The highest BCUT2D eigenvalue weighted by atomic mass is 32.2. The van der Waals surface area contributed by atoms with Gasteiger partial charge in [-0.2, -0.15) is 21.4 Å². The third-order valence-corrected chi connectivity index (χ3v) is 8.00. The first kappa shape index (κ1) is 23.9. The lowest BCUT2D eigenvalue weighted by molar-refractivity contribution is -0.433. The first-order valence-electron chi connectivity index (χ1n) is 8.38. The van der Waals surface area contributed by atoms with E-state index in [9.17, 15) is 26.3 Å². The average Bonchev–Trinajstić information content (AvgIpc) is 2.79. The summed E-state index contributed by atoms with van der Waals surface area (Å²) in [6.45, 7) is 6.17. The molecule has 0 aromatic heterocycles. The van der Waals surface area contributed by atoms with Crippen LogP contribution in [0.25, 0.3) is 0 Å². The van der Waals surface area contributed by atoms with E-state index in [2.05, 4.69) is 6.58 Å². The molecule has 1 heterocycles. The van der Waals surface area contributed by atoms with Gasteiger partial charge in [-0.1, -0.05) is 24.8 Å². The lowest BCUT2D eigenvalue weighted by atomic mass is 9.80. The van der Waals surface area contributed by atoms with Gasteiger partial charge in [0, 0.05) is 18.6 Å². The zero-order chi connectivity index (χ0) is 22.3. The van der Waals surface area contributed by atoms with Crippen molar-refractivity contribution in [2.45, 2.75) is 19.3 Å². The van der Waals surface area contributed by atoms with Crippen molar-refractivity contribution in [1.82, 2.24) is 0 Å². The maximum Gasteiger partial charge on any atom is 0.355 e. The number of para-hydroxylation sites is 1. The summed E-state index contributed by atoms with van der Waals surface area (Å²) >= 11 is 0. The summed E-state index contributed by atoms with van der Waals surface area (Å²) in [5.74, 6) is -1.41. The van der Waals surface area contributed by atoms with E-state index < -0.39 is 51.4 Å². The van der Waals surface area contributed by atoms with Crippen LogP contribution in [0.3, 0.4) is 0 Å². The Bertz CT molecular complexity index is 1120. The Labute approximate surface area is 169 Å². The number of hydrogen-bond acceptors (Lipinski definition) is 6. The highest BCUT2D eigenvalue weighted by Gasteiger charge is 2.53. The summed E-state index contributed by atoms with van der Waals surface area (Å²) in [6.07, 6.45) is 0. The largest absolute Gasteiger partial charge is 0.355 e. The molecule has 0 amide bonds. The molecule has 29 heavy (non-hydrogen) atoms. The van der Waals surface area contributed by atoms with Crippen LogP contribution < -0.4 is 0 Å². The smallest absolute Gasteiger partial charge is 0.321 e. The van der Waals surface area contributed by atoms with Crippen molar-refractivity contribution >= 4 is 39.2 Å². The molecule has 13 heteroatoms. The first-order chi connectivity index (χ1) is 13.1. The van der Waals surface area contributed by atoms with Crippen molar-refractivity contribution in [2.24, 2.45) is 0 Å². The maximum atomic E-state index is 12.8. The molecule has 3 N–H and O–H groups in total. The summed E-state index contributed by atoms with van der Waals surface area (Å²) in [4.78, 5) is 10.4. The van der Waals surface area contributed by atoms with Crippen LogP contribution in [0.1, 0.15) is 19.4 Å². The maximum absolute atomic E-state index is 12.8. The fourth-order valence-corrected chi connectivity index (χ4v) is 5.44. The average molecular weight is 468 g/mol. The number of fused-ring (bicyclic) bond motifs is 1. The van der Waals surface area contributed by atoms with E-state index in [0.717, 1.165) is 0 Å². The molecule has 0 spiro atoms. The highest BCUT2D eigenvalue weighted by molar-refractivity contribution is 7.86. The second-order valence-corrected chi connectivity index (χ2v) is 11.7. The molecule has 1 aromatic carbocycles. The minimum Gasteiger partial charge on any atom is -0.321 e. The number of benzene rings is 1. The number of allylic oxidation sites excluding steroid dienone is 1. The zero-order valence-electron chi connectivity index (χ0n) is 15.8. The normalized spacial score (nSPS) is 21.7. The molecule has 1 aliphatic rings. The van der Waals surface area contributed by atoms with Gasteiger partial charge in [-0.05, 0) is 6.92 Å². The molecule has 0 aliphatic carbocycles. The van der Waals surface area contributed by atoms with Crippen molar-refractivity contribution in [3.63, 3.8) is 0 Å². The van der Waals surface area contributed by atoms with Gasteiger partial charge < -0.3 is 9.42 Å². The van der Waals surface area contributed by atoms with Crippen LogP contribution in [0.15, 0.2) is 36.2 Å². The molecule has 0 radical (unpaired) electrons. The molecule has 2 unspecified atom stereocenters. The van der Waals surface area contributed by atoms with Gasteiger partial charge in [-0.3, -0.25) is 13.7 Å². The quantitative estimate of drug-likeness (QED) is 0.278. The molecule has 0 bridgehead atoms. The Hall–Kier alpha value is -1.40. The Morgan fingerprint density at radius 2 is 1.72 bits per heavy atom. The van der Waals surface area contributed by atoms with Gasteiger partial charge in [-0.25, -0.2) is 0 Å². The van der Waals surface area contributed by atoms with Gasteiger partial charge in [0.05, 0.1) is 17.7 Å². The molecule has 1 aromatic rings. The predicted octanol–water partition coefficient (Wildman–Crippen LogP) is 1.55. The van der Waals surface area contributed by atoms with Crippen molar-refractivity contribution in [2.75, 3.05) is 24.7 Å². The summed E-state index contributed by atoms with van der Waals surface area (Å²) in [6, 6.07) is 6.80. The fraction of sp³-hybridized carbons (Fsp3) is 0.438. The Morgan fingerprint density at radius 3 is 2.28 bits per heavy atom. The van der Waals surface area contributed by atoms with Crippen molar-refractivity contribution in [1.29, 1.82) is 0 Å². The van der Waals surface area contributed by atoms with Crippen LogP contribution in [0.4, 0.5) is 5.69 Å². The first-order valence-corrected chi connectivity index (χ1v) is 13.2. The minimum atomic E-state index is -4.54. The Balaban J connectivity index is 2.45. The van der Waals surface area contributed by atoms with Crippen LogP contribution in [-0.2, 0) is 34.7 Å². The molecule has 162 valence electrons. The molecule has 2 atom stereocenters. The number of hydrogen-bond donors (Lipinski definition) is 3. The molecule has 0 saturated heterocycles. The van der Waals surface area contributed by atoms with Crippen LogP contribution in [-0.4, -0.2) is 65.8 Å². The summed E-state index contributed by atoms with van der Waals surface area (Å²) in [5, 5.41) is -0.236. The van der Waals surface area contributed by atoms with Gasteiger partial charge in [0.25, 0.3) is 20.2 Å². The third kappa shape index (κ3) is 5.21. The lowest BCUT2D eigenvalue weighted by Crippen LogP contribution is -2.33. The van der Waals surface area contributed by atoms with E-state index >= 15 is 0 Å². The second kappa shape index (κ2) is 8.03. The van der Waals surface area contributed by atoms with Gasteiger partial charge in [0.15, 0.2) is 12.3 Å². The van der Waals surface area contributed by atoms with Gasteiger partial charge in [0.1, 0.15) is 11.2 Å². The van der Waals surface area contributed by atoms with Crippen molar-refractivity contribution in [3.05, 3.63) is 41.7 Å².